The highest BCUT2D eigenvalue weighted by molar-refractivity contribution is 5.61. The lowest BCUT2D eigenvalue weighted by molar-refractivity contribution is -0.394. The van der Waals surface area contributed by atoms with Gasteiger partial charge in [0.25, 0.3) is 5.69 Å². The molecule has 0 aromatic carbocycles. The van der Waals surface area contributed by atoms with Crippen LogP contribution in [0.15, 0.2) is 12.3 Å². The molecule has 1 aromatic rings. The summed E-state index contributed by atoms with van der Waals surface area (Å²) in [5, 5.41) is 21.7. The van der Waals surface area contributed by atoms with E-state index in [1.165, 1.54) is 0 Å². The van der Waals surface area contributed by atoms with Crippen LogP contribution in [0.3, 0.4) is 0 Å². The van der Waals surface area contributed by atoms with Gasteiger partial charge in [0, 0.05) is 13.1 Å². The molecule has 0 fully saturated rings. The lowest BCUT2D eigenvalue weighted by Crippen LogP contribution is -2.26. The molecule has 0 N–H and O–H groups in total. The molecule has 0 aliphatic heterocycles. The standard InChI is InChI=1S/C11H16N4O4/c1-3-5-13(6-4-2)11-10(15(18)19)7-9(8-12-11)14(16)17/h7-8H,3-6H2,1-2H3. The highest BCUT2D eigenvalue weighted by Gasteiger charge is 2.24. The minimum atomic E-state index is -0.687. The van der Waals surface area contributed by atoms with Crippen LogP contribution in [-0.2, 0) is 0 Å². The fourth-order valence-electron chi connectivity index (χ4n) is 1.78. The predicted octanol–water partition coefficient (Wildman–Crippen LogP) is 2.52. The Hall–Kier alpha value is -2.25. The van der Waals surface area contributed by atoms with Crippen molar-refractivity contribution in [3.8, 4) is 0 Å². The van der Waals surface area contributed by atoms with Gasteiger partial charge in [-0.2, -0.15) is 0 Å². The minimum Gasteiger partial charge on any atom is -0.351 e. The second-order valence-electron chi connectivity index (χ2n) is 4.04. The number of hydrogen-bond donors (Lipinski definition) is 0. The van der Waals surface area contributed by atoms with Gasteiger partial charge in [0.05, 0.1) is 15.9 Å². The van der Waals surface area contributed by atoms with Gasteiger partial charge in [-0.05, 0) is 12.8 Å². The van der Waals surface area contributed by atoms with E-state index in [1.54, 1.807) is 4.90 Å². The first kappa shape index (κ1) is 14.8. The van der Waals surface area contributed by atoms with Crippen LogP contribution in [0.1, 0.15) is 26.7 Å². The molecule has 0 saturated carbocycles. The zero-order valence-corrected chi connectivity index (χ0v) is 10.9. The van der Waals surface area contributed by atoms with Crippen LogP contribution in [0.2, 0.25) is 0 Å². The number of hydrogen-bond acceptors (Lipinski definition) is 6. The van der Waals surface area contributed by atoms with Gasteiger partial charge in [0.15, 0.2) is 0 Å². The Morgan fingerprint density at radius 3 is 2.16 bits per heavy atom. The van der Waals surface area contributed by atoms with E-state index in [2.05, 4.69) is 4.98 Å². The molecule has 104 valence electrons. The van der Waals surface area contributed by atoms with Crippen molar-refractivity contribution in [2.24, 2.45) is 0 Å². The first-order valence-electron chi connectivity index (χ1n) is 6.05. The quantitative estimate of drug-likeness (QED) is 0.556. The van der Waals surface area contributed by atoms with E-state index >= 15 is 0 Å². The van der Waals surface area contributed by atoms with Crippen LogP contribution in [0.25, 0.3) is 0 Å². The van der Waals surface area contributed by atoms with Crippen molar-refractivity contribution in [1.29, 1.82) is 0 Å². The first-order chi connectivity index (χ1) is 9.01. The van der Waals surface area contributed by atoms with Crippen molar-refractivity contribution in [2.45, 2.75) is 26.7 Å². The summed E-state index contributed by atoms with van der Waals surface area (Å²) in [7, 11) is 0. The van der Waals surface area contributed by atoms with E-state index in [1.807, 2.05) is 13.8 Å². The zero-order chi connectivity index (χ0) is 14.4. The molecule has 0 aliphatic rings. The molecule has 0 spiro atoms. The van der Waals surface area contributed by atoms with Gasteiger partial charge in [0.1, 0.15) is 6.20 Å². The second-order valence-corrected chi connectivity index (χ2v) is 4.04. The summed E-state index contributed by atoms with van der Waals surface area (Å²) in [6, 6.07) is 0.959. The number of anilines is 1. The molecule has 1 rings (SSSR count). The lowest BCUT2D eigenvalue weighted by Gasteiger charge is -2.21. The molecule has 0 radical (unpaired) electrons. The van der Waals surface area contributed by atoms with Gasteiger partial charge < -0.3 is 4.90 Å². The minimum absolute atomic E-state index is 0.194. The summed E-state index contributed by atoms with van der Waals surface area (Å²) in [5.41, 5.74) is -0.695. The summed E-state index contributed by atoms with van der Waals surface area (Å²) in [5.74, 6) is 0.194. The molecule has 0 unspecified atom stereocenters. The van der Waals surface area contributed by atoms with Crippen molar-refractivity contribution in [3.05, 3.63) is 32.5 Å². The van der Waals surface area contributed by atoms with Crippen molar-refractivity contribution in [2.75, 3.05) is 18.0 Å². The number of rotatable bonds is 7. The average molecular weight is 268 g/mol. The zero-order valence-electron chi connectivity index (χ0n) is 10.9. The van der Waals surface area contributed by atoms with Crippen molar-refractivity contribution >= 4 is 17.2 Å². The first-order valence-corrected chi connectivity index (χ1v) is 6.05. The van der Waals surface area contributed by atoms with E-state index in [4.69, 9.17) is 0 Å². The summed E-state index contributed by atoms with van der Waals surface area (Å²) >= 11 is 0. The summed E-state index contributed by atoms with van der Waals surface area (Å²) < 4.78 is 0. The Kier molecular flexibility index (Phi) is 5.16. The van der Waals surface area contributed by atoms with Crippen LogP contribution in [-0.4, -0.2) is 27.9 Å². The van der Waals surface area contributed by atoms with Crippen LogP contribution >= 0.6 is 0 Å². The highest BCUT2D eigenvalue weighted by atomic mass is 16.6. The Morgan fingerprint density at radius 2 is 1.74 bits per heavy atom. The summed E-state index contributed by atoms with van der Waals surface area (Å²) in [4.78, 5) is 26.0. The monoisotopic (exact) mass is 268 g/mol. The SMILES string of the molecule is CCCN(CCC)c1ncc([N+](=O)[O-])cc1[N+](=O)[O-]. The van der Waals surface area contributed by atoms with Gasteiger partial charge in [-0.25, -0.2) is 4.98 Å². The molecular weight excluding hydrogens is 252 g/mol. The molecule has 0 saturated heterocycles. The Balaban J connectivity index is 3.24. The van der Waals surface area contributed by atoms with E-state index in [9.17, 15) is 20.2 Å². The largest absolute Gasteiger partial charge is 0.351 e. The fraction of sp³-hybridized carbons (Fsp3) is 0.545. The number of nitrogens with zero attached hydrogens (tertiary/aromatic N) is 4. The van der Waals surface area contributed by atoms with E-state index in [0.717, 1.165) is 25.1 Å². The molecule has 1 heterocycles. The van der Waals surface area contributed by atoms with Crippen molar-refractivity contribution in [3.63, 3.8) is 0 Å². The van der Waals surface area contributed by atoms with Gasteiger partial charge in [-0.15, -0.1) is 0 Å². The Labute approximate surface area is 110 Å². The molecule has 19 heavy (non-hydrogen) atoms. The van der Waals surface area contributed by atoms with Gasteiger partial charge in [0.2, 0.25) is 5.82 Å². The maximum absolute atomic E-state index is 11.0. The third kappa shape index (κ3) is 3.60. The molecular formula is C11H16N4O4. The van der Waals surface area contributed by atoms with Crippen LogP contribution in [0.4, 0.5) is 17.2 Å². The summed E-state index contributed by atoms with van der Waals surface area (Å²) in [6.45, 7) is 5.17. The molecule has 8 heteroatoms. The van der Waals surface area contributed by atoms with Crippen molar-refractivity contribution < 1.29 is 9.85 Å². The normalized spacial score (nSPS) is 10.2. The molecule has 1 aromatic heterocycles. The van der Waals surface area contributed by atoms with Crippen LogP contribution in [0, 0.1) is 20.2 Å². The van der Waals surface area contributed by atoms with E-state index in [-0.39, 0.29) is 17.2 Å². The van der Waals surface area contributed by atoms with Crippen LogP contribution < -0.4 is 4.90 Å². The topological polar surface area (TPSA) is 102 Å². The van der Waals surface area contributed by atoms with Gasteiger partial charge in [-0.1, -0.05) is 13.8 Å². The highest BCUT2D eigenvalue weighted by Crippen LogP contribution is 2.29. The molecule has 8 nitrogen and oxygen atoms in total. The molecule has 0 amide bonds. The maximum atomic E-state index is 11.0. The number of pyridine rings is 1. The molecule has 0 aliphatic carbocycles. The summed E-state index contributed by atoms with van der Waals surface area (Å²) in [6.07, 6.45) is 2.69. The smallest absolute Gasteiger partial charge is 0.318 e. The average Bonchev–Trinajstić information content (AvgIpc) is 2.37. The van der Waals surface area contributed by atoms with E-state index in [0.29, 0.717) is 13.1 Å². The molecule has 0 bridgehead atoms. The van der Waals surface area contributed by atoms with Gasteiger partial charge in [-0.3, -0.25) is 20.2 Å². The predicted molar refractivity (Wildman–Crippen MR) is 70.3 cm³/mol. The maximum Gasteiger partial charge on any atom is 0.318 e. The number of aromatic nitrogens is 1. The fourth-order valence-corrected chi connectivity index (χ4v) is 1.78. The third-order valence-corrected chi connectivity index (χ3v) is 2.53. The lowest BCUT2D eigenvalue weighted by atomic mass is 10.3. The van der Waals surface area contributed by atoms with Crippen LogP contribution in [0.5, 0.6) is 0 Å². The second kappa shape index (κ2) is 6.62. The molecule has 0 atom stereocenters. The van der Waals surface area contributed by atoms with Gasteiger partial charge >= 0.3 is 5.69 Å². The Bertz CT molecular complexity index is 472. The van der Waals surface area contributed by atoms with E-state index < -0.39 is 9.85 Å². The third-order valence-electron chi connectivity index (χ3n) is 2.53. The Morgan fingerprint density at radius 1 is 1.16 bits per heavy atom. The number of nitro groups is 2. The van der Waals surface area contributed by atoms with Crippen molar-refractivity contribution in [1.82, 2.24) is 4.98 Å².